The van der Waals surface area contributed by atoms with E-state index in [4.69, 9.17) is 15.2 Å². The van der Waals surface area contributed by atoms with Gasteiger partial charge in [0, 0.05) is 17.6 Å². The third-order valence-corrected chi connectivity index (χ3v) is 4.72. The molecule has 0 aromatic carbocycles. The van der Waals surface area contributed by atoms with Gasteiger partial charge in [0.25, 0.3) is 0 Å². The summed E-state index contributed by atoms with van der Waals surface area (Å²) in [4.78, 5) is 4.48. The molecule has 1 aliphatic rings. The van der Waals surface area contributed by atoms with Gasteiger partial charge >= 0.3 is 0 Å². The number of nitrogens with zero attached hydrogens (tertiary/aromatic N) is 2. The molecule has 2 aromatic rings. The van der Waals surface area contributed by atoms with Crippen LogP contribution >= 0.6 is 22.9 Å². The molecule has 108 valence electrons. The van der Waals surface area contributed by atoms with Crippen LogP contribution in [-0.2, 0) is 9.47 Å². The predicted molar refractivity (Wildman–Crippen MR) is 81.4 cm³/mol. The molecule has 20 heavy (non-hydrogen) atoms. The zero-order valence-corrected chi connectivity index (χ0v) is 12.7. The van der Waals surface area contributed by atoms with Gasteiger partial charge in [-0.25, -0.2) is 4.98 Å². The highest BCUT2D eigenvalue weighted by Crippen LogP contribution is 2.38. The van der Waals surface area contributed by atoms with Gasteiger partial charge < -0.3 is 20.5 Å². The van der Waals surface area contributed by atoms with E-state index in [1.807, 2.05) is 12.3 Å². The van der Waals surface area contributed by atoms with Crippen molar-refractivity contribution < 1.29 is 9.47 Å². The van der Waals surface area contributed by atoms with Crippen LogP contribution in [0.4, 0.5) is 10.8 Å². The maximum absolute atomic E-state index is 5.96. The summed E-state index contributed by atoms with van der Waals surface area (Å²) >= 11 is 2.93. The monoisotopic (exact) mass is 312 g/mol. The second-order valence-corrected chi connectivity index (χ2v) is 6.15. The van der Waals surface area contributed by atoms with Gasteiger partial charge in [-0.2, -0.15) is 4.37 Å². The molecule has 1 atom stereocenters. The highest BCUT2D eigenvalue weighted by molar-refractivity contribution is 7.15. The minimum atomic E-state index is 0.0676. The number of nitrogens with one attached hydrogen (secondary N) is 1. The van der Waals surface area contributed by atoms with Gasteiger partial charge in [0.05, 0.1) is 31.5 Å². The van der Waals surface area contributed by atoms with Crippen molar-refractivity contribution >= 4 is 33.7 Å². The van der Waals surface area contributed by atoms with E-state index in [9.17, 15) is 0 Å². The predicted octanol–water partition coefficient (Wildman–Crippen LogP) is 1.98. The Morgan fingerprint density at radius 2 is 2.40 bits per heavy atom. The minimum absolute atomic E-state index is 0.0676. The average molecular weight is 312 g/mol. The minimum Gasteiger partial charge on any atom is -0.382 e. The van der Waals surface area contributed by atoms with Gasteiger partial charge in [0.1, 0.15) is 15.8 Å². The van der Waals surface area contributed by atoms with Crippen LogP contribution in [0, 0.1) is 6.92 Å². The van der Waals surface area contributed by atoms with Crippen LogP contribution in [0.2, 0.25) is 0 Å². The molecule has 3 N–H and O–H groups in total. The first kappa shape index (κ1) is 13.7. The van der Waals surface area contributed by atoms with Crippen LogP contribution in [0.15, 0.2) is 5.38 Å². The molecule has 1 aliphatic heterocycles. The Labute approximate surface area is 125 Å². The summed E-state index contributed by atoms with van der Waals surface area (Å²) < 4.78 is 15.2. The molecule has 1 saturated heterocycles. The van der Waals surface area contributed by atoms with Gasteiger partial charge in [-0.1, -0.05) is 0 Å². The van der Waals surface area contributed by atoms with Crippen LogP contribution in [0.3, 0.4) is 0 Å². The number of nitrogen functional groups attached to an aromatic ring is 1. The van der Waals surface area contributed by atoms with Crippen molar-refractivity contribution in [3.63, 3.8) is 0 Å². The first-order chi connectivity index (χ1) is 9.74. The highest BCUT2D eigenvalue weighted by Gasteiger charge is 2.19. The zero-order valence-electron chi connectivity index (χ0n) is 11.1. The standard InChI is InChI=1S/C12H16N4O2S2/c1-7-6-19-12(15-7)9-10(13)16-20-11(9)14-4-8-5-17-2-3-18-8/h6,8,14H,2-5H2,1H3,(H2,13,16). The summed E-state index contributed by atoms with van der Waals surface area (Å²) in [6.45, 7) is 4.59. The Morgan fingerprint density at radius 3 is 3.10 bits per heavy atom. The van der Waals surface area contributed by atoms with Gasteiger partial charge in [-0.3, -0.25) is 0 Å². The Bertz CT molecular complexity index is 578. The maximum atomic E-state index is 5.96. The molecule has 0 aliphatic carbocycles. The number of thiazole rings is 1. The smallest absolute Gasteiger partial charge is 0.149 e. The van der Waals surface area contributed by atoms with E-state index < -0.39 is 0 Å². The number of aromatic nitrogens is 2. The molecule has 0 spiro atoms. The van der Waals surface area contributed by atoms with E-state index in [2.05, 4.69) is 14.7 Å². The second kappa shape index (κ2) is 6.04. The molecule has 1 fully saturated rings. The fourth-order valence-electron chi connectivity index (χ4n) is 1.96. The van der Waals surface area contributed by atoms with Gasteiger partial charge in [0.15, 0.2) is 0 Å². The summed E-state index contributed by atoms with van der Waals surface area (Å²) in [7, 11) is 0. The van der Waals surface area contributed by atoms with Crippen molar-refractivity contribution in [2.45, 2.75) is 13.0 Å². The third-order valence-electron chi connectivity index (χ3n) is 2.93. The highest BCUT2D eigenvalue weighted by atomic mass is 32.1. The van der Waals surface area contributed by atoms with Crippen molar-refractivity contribution in [2.75, 3.05) is 37.4 Å². The Hall–Kier alpha value is -1.22. The van der Waals surface area contributed by atoms with Gasteiger partial charge in [-0.05, 0) is 18.5 Å². The van der Waals surface area contributed by atoms with Crippen molar-refractivity contribution in [3.05, 3.63) is 11.1 Å². The maximum Gasteiger partial charge on any atom is 0.149 e. The Morgan fingerprint density at radius 1 is 1.50 bits per heavy atom. The van der Waals surface area contributed by atoms with Crippen molar-refractivity contribution in [3.8, 4) is 10.6 Å². The molecule has 8 heteroatoms. The number of nitrogens with two attached hydrogens (primary N) is 1. The van der Waals surface area contributed by atoms with Crippen LogP contribution in [0.5, 0.6) is 0 Å². The molecule has 0 amide bonds. The summed E-state index contributed by atoms with van der Waals surface area (Å²) in [6, 6.07) is 0. The third kappa shape index (κ3) is 2.93. The molecule has 0 radical (unpaired) electrons. The van der Waals surface area contributed by atoms with E-state index >= 15 is 0 Å². The molecule has 3 rings (SSSR count). The summed E-state index contributed by atoms with van der Waals surface area (Å²) in [6.07, 6.45) is 0.0676. The van der Waals surface area contributed by atoms with E-state index in [0.29, 0.717) is 32.2 Å². The van der Waals surface area contributed by atoms with Crippen molar-refractivity contribution in [1.29, 1.82) is 0 Å². The molecular formula is C12H16N4O2S2. The lowest BCUT2D eigenvalue weighted by Crippen LogP contribution is -2.34. The molecule has 0 bridgehead atoms. The van der Waals surface area contributed by atoms with Crippen molar-refractivity contribution in [2.24, 2.45) is 0 Å². The fraction of sp³-hybridized carbons (Fsp3) is 0.500. The molecule has 6 nitrogen and oxygen atoms in total. The second-order valence-electron chi connectivity index (χ2n) is 4.51. The lowest BCUT2D eigenvalue weighted by Gasteiger charge is -2.23. The van der Waals surface area contributed by atoms with Gasteiger partial charge in [0.2, 0.25) is 0 Å². The summed E-state index contributed by atoms with van der Waals surface area (Å²) in [5.41, 5.74) is 7.85. The lowest BCUT2D eigenvalue weighted by atomic mass is 10.3. The summed E-state index contributed by atoms with van der Waals surface area (Å²) in [5.74, 6) is 0.521. The van der Waals surface area contributed by atoms with E-state index in [1.165, 1.54) is 11.5 Å². The molecular weight excluding hydrogens is 296 g/mol. The molecule has 1 unspecified atom stereocenters. The summed E-state index contributed by atoms with van der Waals surface area (Å²) in [5, 5.41) is 7.19. The number of hydrogen-bond donors (Lipinski definition) is 2. The van der Waals surface area contributed by atoms with Gasteiger partial charge in [-0.15, -0.1) is 11.3 Å². The Kier molecular flexibility index (Phi) is 4.16. The number of ether oxygens (including phenoxy) is 2. The van der Waals surface area contributed by atoms with E-state index in [1.54, 1.807) is 11.3 Å². The first-order valence-corrected chi connectivity index (χ1v) is 8.00. The lowest BCUT2D eigenvalue weighted by molar-refractivity contribution is -0.0818. The number of anilines is 2. The van der Waals surface area contributed by atoms with Crippen LogP contribution in [0.1, 0.15) is 5.69 Å². The molecule has 2 aromatic heterocycles. The topological polar surface area (TPSA) is 82.3 Å². The Balaban J connectivity index is 1.73. The fourth-order valence-corrected chi connectivity index (χ4v) is 3.60. The zero-order chi connectivity index (χ0) is 13.9. The van der Waals surface area contributed by atoms with Crippen molar-refractivity contribution in [1.82, 2.24) is 9.36 Å². The number of aryl methyl sites for hydroxylation is 1. The van der Waals surface area contributed by atoms with Crippen LogP contribution < -0.4 is 11.1 Å². The van der Waals surface area contributed by atoms with Crippen LogP contribution in [0.25, 0.3) is 10.6 Å². The quantitative estimate of drug-likeness (QED) is 0.898. The average Bonchev–Trinajstić information content (AvgIpc) is 3.03. The first-order valence-electron chi connectivity index (χ1n) is 6.35. The SMILES string of the molecule is Cc1csc(-c2c(N)nsc2NCC2COCCO2)n1. The largest absolute Gasteiger partial charge is 0.382 e. The molecule has 0 saturated carbocycles. The number of hydrogen-bond acceptors (Lipinski definition) is 8. The van der Waals surface area contributed by atoms with Crippen LogP contribution in [-0.4, -0.2) is 41.8 Å². The molecule has 3 heterocycles. The van der Waals surface area contributed by atoms with E-state index in [0.717, 1.165) is 21.3 Å². The van der Waals surface area contributed by atoms with E-state index in [-0.39, 0.29) is 6.10 Å². The normalized spacial score (nSPS) is 19.1. The number of rotatable bonds is 4.